The molecule has 0 aliphatic carbocycles. The average molecular weight is 347 g/mol. The van der Waals surface area contributed by atoms with Crippen LogP contribution < -0.4 is 16.0 Å². The van der Waals surface area contributed by atoms with Crippen LogP contribution in [0.25, 0.3) is 0 Å². The largest absolute Gasteiger partial charge is 0.473 e. The molecule has 1 atom stereocenters. The lowest BCUT2D eigenvalue weighted by Crippen LogP contribution is -2.65. The van der Waals surface area contributed by atoms with Crippen molar-refractivity contribution in [3.63, 3.8) is 0 Å². The molecule has 0 saturated carbocycles. The van der Waals surface area contributed by atoms with E-state index in [1.54, 1.807) is 27.8 Å². The quantitative estimate of drug-likeness (QED) is 0.420. The van der Waals surface area contributed by atoms with E-state index in [0.717, 1.165) is 13.0 Å². The van der Waals surface area contributed by atoms with E-state index in [1.165, 1.54) is 0 Å². The summed E-state index contributed by atoms with van der Waals surface area (Å²) in [5, 5.41) is 23.2. The number of rotatable bonds is 2. The molecule has 1 rings (SSSR count). The molecule has 1 aliphatic heterocycles. The zero-order chi connectivity index (χ0) is 19.0. The van der Waals surface area contributed by atoms with Gasteiger partial charge in [0.2, 0.25) is 5.91 Å². The van der Waals surface area contributed by atoms with E-state index in [-0.39, 0.29) is 5.91 Å². The molecule has 1 fully saturated rings. The number of carbonyl (C=O) groups excluding carboxylic acids is 2. The fourth-order valence-corrected chi connectivity index (χ4v) is 2.00. The van der Waals surface area contributed by atoms with Crippen molar-refractivity contribution < 1.29 is 34.1 Å². The van der Waals surface area contributed by atoms with Crippen LogP contribution in [0.3, 0.4) is 0 Å². The zero-order valence-corrected chi connectivity index (χ0v) is 14.3. The number of carboxylic acids is 2. The van der Waals surface area contributed by atoms with Crippen LogP contribution in [0.4, 0.5) is 4.79 Å². The maximum absolute atomic E-state index is 12.0. The third-order valence-corrected chi connectivity index (χ3v) is 2.97. The lowest BCUT2D eigenvalue weighted by molar-refractivity contribution is -0.159. The third kappa shape index (κ3) is 7.77. The van der Waals surface area contributed by atoms with Gasteiger partial charge in [-0.05, 0) is 40.2 Å². The van der Waals surface area contributed by atoms with Crippen LogP contribution in [0, 0.1) is 0 Å². The van der Waals surface area contributed by atoms with Crippen LogP contribution in [0.5, 0.6) is 0 Å². The second-order valence-electron chi connectivity index (χ2n) is 6.18. The third-order valence-electron chi connectivity index (χ3n) is 2.97. The molecule has 5 N–H and O–H groups in total. The molecule has 0 bridgehead atoms. The maximum Gasteiger partial charge on any atom is 0.414 e. The highest BCUT2D eigenvalue weighted by molar-refractivity contribution is 6.27. The Morgan fingerprint density at radius 1 is 1.12 bits per heavy atom. The molecule has 10 nitrogen and oxygen atoms in total. The van der Waals surface area contributed by atoms with Crippen LogP contribution >= 0.6 is 0 Å². The number of carbonyl (C=O) groups is 4. The summed E-state index contributed by atoms with van der Waals surface area (Å²) in [6.45, 7) is 6.65. The normalized spacial score (nSPS) is 20.0. The molecule has 24 heavy (non-hydrogen) atoms. The highest BCUT2D eigenvalue weighted by Gasteiger charge is 2.41. The zero-order valence-electron chi connectivity index (χ0n) is 14.3. The van der Waals surface area contributed by atoms with Crippen LogP contribution in [0.1, 0.15) is 33.6 Å². The summed E-state index contributed by atoms with van der Waals surface area (Å²) in [5.41, 5.74) is -1.48. The number of piperidine rings is 1. The molecular formula is C14H25N3O7. The van der Waals surface area contributed by atoms with Crippen LogP contribution in [0.15, 0.2) is 0 Å². The second kappa shape index (κ2) is 9.06. The van der Waals surface area contributed by atoms with Gasteiger partial charge in [0.15, 0.2) is 0 Å². The summed E-state index contributed by atoms with van der Waals surface area (Å²) in [6.07, 6.45) is 0.886. The van der Waals surface area contributed by atoms with Gasteiger partial charge < -0.3 is 30.9 Å². The molecule has 138 valence electrons. The summed E-state index contributed by atoms with van der Waals surface area (Å²) in [6, 6.07) is 0. The highest BCUT2D eigenvalue weighted by Crippen LogP contribution is 2.18. The minimum Gasteiger partial charge on any atom is -0.473 e. The highest BCUT2D eigenvalue weighted by atomic mass is 16.6. The van der Waals surface area contributed by atoms with E-state index in [0.29, 0.717) is 13.0 Å². The van der Waals surface area contributed by atoms with E-state index < -0.39 is 29.2 Å². The molecule has 1 unspecified atom stereocenters. The molecule has 2 amide bonds. The number of alkyl carbamates (subject to hydrolysis) is 1. The Bertz CT molecular complexity index is 467. The van der Waals surface area contributed by atoms with Crippen molar-refractivity contribution in [2.75, 3.05) is 20.1 Å². The van der Waals surface area contributed by atoms with Gasteiger partial charge in [0.05, 0.1) is 0 Å². The first-order valence-electron chi connectivity index (χ1n) is 7.34. The van der Waals surface area contributed by atoms with Gasteiger partial charge in [-0.1, -0.05) is 0 Å². The summed E-state index contributed by atoms with van der Waals surface area (Å²) in [4.78, 5) is 42.0. The Hall–Kier alpha value is -2.36. The van der Waals surface area contributed by atoms with Gasteiger partial charge in [0.25, 0.3) is 0 Å². The number of carboxylic acid groups (broad SMARTS) is 2. The lowest BCUT2D eigenvalue weighted by Gasteiger charge is -2.36. The Morgan fingerprint density at radius 3 is 2.00 bits per heavy atom. The first kappa shape index (κ1) is 21.6. The Labute approximate surface area is 139 Å². The first-order valence-corrected chi connectivity index (χ1v) is 7.34. The van der Waals surface area contributed by atoms with Crippen molar-refractivity contribution in [3.05, 3.63) is 0 Å². The van der Waals surface area contributed by atoms with E-state index in [9.17, 15) is 9.59 Å². The van der Waals surface area contributed by atoms with Crippen molar-refractivity contribution in [1.82, 2.24) is 16.0 Å². The van der Waals surface area contributed by atoms with Crippen molar-refractivity contribution in [2.45, 2.75) is 44.8 Å². The molecular weight excluding hydrogens is 322 g/mol. The van der Waals surface area contributed by atoms with E-state index >= 15 is 0 Å². The Balaban J connectivity index is 0.000000754. The number of hydrogen-bond donors (Lipinski definition) is 5. The number of aliphatic carboxylic acids is 2. The van der Waals surface area contributed by atoms with Crippen molar-refractivity contribution in [3.8, 4) is 0 Å². The first-order chi connectivity index (χ1) is 10.9. The van der Waals surface area contributed by atoms with Crippen molar-refractivity contribution in [1.29, 1.82) is 0 Å². The number of amides is 2. The van der Waals surface area contributed by atoms with Gasteiger partial charge in [-0.2, -0.15) is 0 Å². The lowest BCUT2D eigenvalue weighted by atomic mass is 9.89. The molecule has 0 aromatic rings. The molecule has 0 aromatic heterocycles. The Kier molecular flexibility index (Phi) is 8.17. The minimum atomic E-state index is -1.82. The molecule has 1 aliphatic rings. The van der Waals surface area contributed by atoms with Crippen molar-refractivity contribution in [2.24, 2.45) is 0 Å². The topological polar surface area (TPSA) is 154 Å². The monoisotopic (exact) mass is 347 g/mol. The molecule has 10 heteroatoms. The maximum atomic E-state index is 12.0. The number of nitrogens with one attached hydrogen (secondary N) is 3. The standard InChI is InChI=1S/C12H23N3O3.C2H2O4/c1-11(2,3)18-10(17)15-12(9(16)13-4)6-5-7-14-8-12;3-1(4)2(5)6/h14H,5-8H2,1-4H3,(H,13,16)(H,15,17);(H,3,4)(H,5,6). The molecule has 0 spiro atoms. The van der Waals surface area contributed by atoms with Gasteiger partial charge in [-0.3, -0.25) is 4.79 Å². The number of hydrogen-bond acceptors (Lipinski definition) is 6. The SMILES string of the molecule is CNC(=O)C1(NC(=O)OC(C)(C)C)CCCNC1.O=C(O)C(=O)O. The van der Waals surface area contributed by atoms with Gasteiger partial charge >= 0.3 is 18.0 Å². The van der Waals surface area contributed by atoms with Crippen molar-refractivity contribution >= 4 is 23.9 Å². The Morgan fingerprint density at radius 2 is 1.67 bits per heavy atom. The number of ether oxygens (including phenoxy) is 1. The molecule has 0 aromatic carbocycles. The van der Waals surface area contributed by atoms with E-state index in [4.69, 9.17) is 24.5 Å². The number of likely N-dealkylation sites (N-methyl/N-ethyl adjacent to an activating group) is 1. The van der Waals surface area contributed by atoms with E-state index in [1.807, 2.05) is 0 Å². The fourth-order valence-electron chi connectivity index (χ4n) is 2.00. The fraction of sp³-hybridized carbons (Fsp3) is 0.714. The average Bonchev–Trinajstić information content (AvgIpc) is 2.45. The van der Waals surface area contributed by atoms with Gasteiger partial charge in [0, 0.05) is 13.6 Å². The smallest absolute Gasteiger partial charge is 0.414 e. The van der Waals surface area contributed by atoms with Crippen LogP contribution in [-0.4, -0.2) is 65.4 Å². The molecule has 0 radical (unpaired) electrons. The van der Waals surface area contributed by atoms with Crippen LogP contribution in [-0.2, 0) is 19.1 Å². The minimum absolute atomic E-state index is 0.194. The second-order valence-corrected chi connectivity index (χ2v) is 6.18. The summed E-state index contributed by atoms with van der Waals surface area (Å²) in [7, 11) is 1.56. The van der Waals surface area contributed by atoms with Gasteiger partial charge in [0.1, 0.15) is 11.1 Å². The predicted octanol–water partition coefficient (Wildman–Crippen LogP) is -0.465. The summed E-state index contributed by atoms with van der Waals surface area (Å²) < 4.78 is 5.20. The molecule has 1 heterocycles. The predicted molar refractivity (Wildman–Crippen MR) is 83.5 cm³/mol. The van der Waals surface area contributed by atoms with Gasteiger partial charge in [-0.25, -0.2) is 14.4 Å². The van der Waals surface area contributed by atoms with Gasteiger partial charge in [-0.15, -0.1) is 0 Å². The summed E-state index contributed by atoms with van der Waals surface area (Å²) >= 11 is 0. The van der Waals surface area contributed by atoms with Crippen LogP contribution in [0.2, 0.25) is 0 Å². The molecule has 1 saturated heterocycles. The van der Waals surface area contributed by atoms with E-state index in [2.05, 4.69) is 16.0 Å². The summed E-state index contributed by atoms with van der Waals surface area (Å²) in [5.74, 6) is -3.84.